The summed E-state index contributed by atoms with van der Waals surface area (Å²) in [4.78, 5) is 8.36. The number of rotatable bonds is 4. The highest BCUT2D eigenvalue weighted by atomic mass is 32.2. The number of anilines is 1. The molecule has 2 aromatic rings. The Kier molecular flexibility index (Phi) is 4.02. The molecule has 0 spiro atoms. The standard InChI is InChI=1S/C18H20N2S/c1-4-20(5-2)15-9-7-14(8-10-15)18-19-16-11-6-13(3)12-17(16)21-18/h6-12H,4-5H2,1-3H3/q+1. The predicted molar refractivity (Wildman–Crippen MR) is 92.9 cm³/mol. The van der Waals surface area contributed by atoms with E-state index in [9.17, 15) is 0 Å². The van der Waals surface area contributed by atoms with Crippen molar-refractivity contribution in [3.63, 3.8) is 0 Å². The molecule has 1 aliphatic rings. The molecule has 0 amide bonds. The van der Waals surface area contributed by atoms with Crippen LogP contribution in [0.4, 0.5) is 11.4 Å². The van der Waals surface area contributed by atoms with Crippen LogP contribution in [0.1, 0.15) is 25.0 Å². The number of fused-ring (bicyclic) bond motifs is 1. The maximum Gasteiger partial charge on any atom is 0.323 e. The molecule has 0 atom stereocenters. The molecule has 1 radical (unpaired) electrons. The van der Waals surface area contributed by atoms with Gasteiger partial charge in [-0.1, -0.05) is 6.07 Å². The summed E-state index contributed by atoms with van der Waals surface area (Å²) in [5.41, 5.74) is 4.86. The fourth-order valence-electron chi connectivity index (χ4n) is 2.56. The molecule has 0 saturated heterocycles. The van der Waals surface area contributed by atoms with Crippen LogP contribution in [-0.4, -0.2) is 18.1 Å². The quantitative estimate of drug-likeness (QED) is 0.834. The van der Waals surface area contributed by atoms with Gasteiger partial charge in [0.1, 0.15) is 0 Å². The molecule has 107 valence electrons. The Morgan fingerprint density at radius 2 is 1.71 bits per heavy atom. The number of thioether (sulfide) groups is 1. The van der Waals surface area contributed by atoms with Gasteiger partial charge in [-0.05, 0) is 68.4 Å². The van der Waals surface area contributed by atoms with Gasteiger partial charge in [0.15, 0.2) is 0 Å². The molecule has 1 heterocycles. The van der Waals surface area contributed by atoms with Crippen LogP contribution < -0.4 is 9.89 Å². The lowest BCUT2D eigenvalue weighted by atomic mass is 10.2. The Labute approximate surface area is 130 Å². The first-order chi connectivity index (χ1) is 10.2. The van der Waals surface area contributed by atoms with Gasteiger partial charge in [0.2, 0.25) is 0 Å². The van der Waals surface area contributed by atoms with Crippen molar-refractivity contribution in [3.8, 4) is 0 Å². The summed E-state index contributed by atoms with van der Waals surface area (Å²) in [5, 5.41) is 1.10. The summed E-state index contributed by atoms with van der Waals surface area (Å²) in [6, 6.07) is 15.2. The van der Waals surface area contributed by atoms with Crippen molar-refractivity contribution in [1.82, 2.24) is 4.99 Å². The first kappa shape index (κ1) is 14.2. The van der Waals surface area contributed by atoms with Crippen molar-refractivity contribution in [2.75, 3.05) is 18.0 Å². The zero-order valence-electron chi connectivity index (χ0n) is 12.8. The van der Waals surface area contributed by atoms with Crippen molar-refractivity contribution in [1.29, 1.82) is 0 Å². The van der Waals surface area contributed by atoms with Gasteiger partial charge in [0.25, 0.3) is 5.69 Å². The molecule has 0 saturated carbocycles. The van der Waals surface area contributed by atoms with Crippen molar-refractivity contribution in [2.24, 2.45) is 0 Å². The van der Waals surface area contributed by atoms with E-state index >= 15 is 0 Å². The average Bonchev–Trinajstić information content (AvgIpc) is 2.92. The summed E-state index contributed by atoms with van der Waals surface area (Å²) in [6.07, 6.45) is 0. The van der Waals surface area contributed by atoms with E-state index in [1.165, 1.54) is 21.7 Å². The van der Waals surface area contributed by atoms with E-state index in [0.717, 1.165) is 23.8 Å². The average molecular weight is 296 g/mol. The Morgan fingerprint density at radius 3 is 2.38 bits per heavy atom. The van der Waals surface area contributed by atoms with Gasteiger partial charge in [0.05, 0.1) is 15.5 Å². The molecule has 2 nitrogen and oxygen atoms in total. The third-order valence-corrected chi connectivity index (χ3v) is 4.85. The molecule has 0 aromatic heterocycles. The first-order valence-corrected chi connectivity index (χ1v) is 8.25. The first-order valence-electron chi connectivity index (χ1n) is 7.44. The van der Waals surface area contributed by atoms with Gasteiger partial charge in [0, 0.05) is 24.8 Å². The Hall–Kier alpha value is -1.74. The lowest BCUT2D eigenvalue weighted by Crippen LogP contribution is -2.21. The van der Waals surface area contributed by atoms with Gasteiger partial charge in [-0.15, -0.1) is 0 Å². The van der Waals surface area contributed by atoms with Gasteiger partial charge in [-0.2, -0.15) is 0 Å². The van der Waals surface area contributed by atoms with E-state index in [1.807, 2.05) is 0 Å². The normalized spacial score (nSPS) is 13.0. The van der Waals surface area contributed by atoms with Crippen molar-refractivity contribution >= 4 is 28.2 Å². The van der Waals surface area contributed by atoms with Crippen molar-refractivity contribution in [2.45, 2.75) is 25.7 Å². The molecular weight excluding hydrogens is 276 g/mol. The summed E-state index contributed by atoms with van der Waals surface area (Å²) >= 11 is 1.77. The third kappa shape index (κ3) is 2.84. The van der Waals surface area contributed by atoms with E-state index in [1.54, 1.807) is 11.8 Å². The summed E-state index contributed by atoms with van der Waals surface area (Å²) in [6.45, 7) is 8.57. The molecule has 0 bridgehead atoms. The van der Waals surface area contributed by atoms with Crippen LogP contribution >= 0.6 is 11.8 Å². The lowest BCUT2D eigenvalue weighted by molar-refractivity contribution is 0.866. The van der Waals surface area contributed by atoms with E-state index < -0.39 is 0 Å². The molecule has 1 aliphatic heterocycles. The van der Waals surface area contributed by atoms with Crippen LogP contribution in [0.25, 0.3) is 0 Å². The van der Waals surface area contributed by atoms with Crippen LogP contribution in [0, 0.1) is 6.92 Å². The molecule has 3 rings (SSSR count). The molecule has 0 aliphatic carbocycles. The summed E-state index contributed by atoms with van der Waals surface area (Å²) in [5.74, 6) is 0. The second kappa shape index (κ2) is 5.94. The number of hydrogen-bond acceptors (Lipinski definition) is 3. The second-order valence-corrected chi connectivity index (χ2v) is 6.24. The predicted octanol–water partition coefficient (Wildman–Crippen LogP) is 4.36. The van der Waals surface area contributed by atoms with Gasteiger partial charge >= 0.3 is 5.04 Å². The third-order valence-electron chi connectivity index (χ3n) is 3.79. The molecule has 2 aromatic carbocycles. The van der Waals surface area contributed by atoms with Crippen molar-refractivity contribution in [3.05, 3.63) is 53.6 Å². The molecule has 21 heavy (non-hydrogen) atoms. The minimum atomic E-state index is 1.04. The zero-order valence-corrected chi connectivity index (χ0v) is 13.6. The highest BCUT2D eigenvalue weighted by Gasteiger charge is 2.29. The SMILES string of the molecule is CCN(CC)c1ccc(C2=[N+]c3ccc(C)cc3S2)cc1. The molecule has 0 unspecified atom stereocenters. The highest BCUT2D eigenvalue weighted by molar-refractivity contribution is 8.14. The van der Waals surface area contributed by atoms with E-state index in [2.05, 4.69) is 68.1 Å². The number of benzene rings is 2. The number of nitrogens with zero attached hydrogens (tertiary/aromatic N) is 2. The topological polar surface area (TPSA) is 17.3 Å². The highest BCUT2D eigenvalue weighted by Crippen LogP contribution is 2.35. The zero-order chi connectivity index (χ0) is 14.8. The Balaban J connectivity index is 1.83. The van der Waals surface area contributed by atoms with Crippen LogP contribution in [0.2, 0.25) is 0 Å². The van der Waals surface area contributed by atoms with Crippen LogP contribution in [0.3, 0.4) is 0 Å². The van der Waals surface area contributed by atoms with Gasteiger partial charge < -0.3 is 4.90 Å². The van der Waals surface area contributed by atoms with Crippen LogP contribution in [0.15, 0.2) is 47.4 Å². The van der Waals surface area contributed by atoms with Crippen LogP contribution in [0.5, 0.6) is 0 Å². The van der Waals surface area contributed by atoms with Gasteiger partial charge in [-0.25, -0.2) is 0 Å². The maximum absolute atomic E-state index is 4.74. The van der Waals surface area contributed by atoms with E-state index in [0.29, 0.717) is 0 Å². The minimum Gasteiger partial charge on any atom is -0.372 e. The molecule has 3 heteroatoms. The second-order valence-electron chi connectivity index (χ2n) is 5.21. The molecule has 0 fully saturated rings. The number of aryl methyl sites for hydroxylation is 1. The number of hydrogen-bond donors (Lipinski definition) is 0. The summed E-state index contributed by atoms with van der Waals surface area (Å²) < 4.78 is 0. The lowest BCUT2D eigenvalue weighted by Gasteiger charge is -2.20. The fourth-order valence-corrected chi connectivity index (χ4v) is 3.63. The Bertz CT molecular complexity index is 670. The summed E-state index contributed by atoms with van der Waals surface area (Å²) in [7, 11) is 0. The monoisotopic (exact) mass is 296 g/mol. The fraction of sp³-hybridized carbons (Fsp3) is 0.278. The molecular formula is C18H20N2S+. The van der Waals surface area contributed by atoms with E-state index in [4.69, 9.17) is 4.99 Å². The van der Waals surface area contributed by atoms with E-state index in [-0.39, 0.29) is 0 Å². The largest absolute Gasteiger partial charge is 0.372 e. The van der Waals surface area contributed by atoms with Crippen LogP contribution in [-0.2, 0) is 0 Å². The smallest absolute Gasteiger partial charge is 0.323 e. The minimum absolute atomic E-state index is 1.04. The molecule has 0 N–H and O–H groups in total. The number of aliphatic imine (C=N–C) groups is 1. The van der Waals surface area contributed by atoms with Crippen molar-refractivity contribution < 1.29 is 0 Å². The Morgan fingerprint density at radius 1 is 1.00 bits per heavy atom. The maximum atomic E-state index is 4.74. The van der Waals surface area contributed by atoms with Gasteiger partial charge in [-0.3, -0.25) is 0 Å².